The van der Waals surface area contributed by atoms with E-state index in [1.165, 1.54) is 0 Å². The van der Waals surface area contributed by atoms with E-state index in [1.807, 2.05) is 50.2 Å². The number of rotatable bonds is 21. The van der Waals surface area contributed by atoms with Crippen LogP contribution in [0.2, 0.25) is 0 Å². The highest BCUT2D eigenvalue weighted by atomic mass is 16.4. The van der Waals surface area contributed by atoms with Crippen LogP contribution in [0.4, 0.5) is 0 Å². The summed E-state index contributed by atoms with van der Waals surface area (Å²) in [6.45, 7) is 4.92. The Bertz CT molecular complexity index is 1420. The monoisotopic (exact) mass is 648 g/mol. The van der Waals surface area contributed by atoms with Crippen molar-refractivity contribution in [1.82, 2.24) is 21.3 Å². The zero-order valence-electron chi connectivity index (χ0n) is 27.6. The van der Waals surface area contributed by atoms with Gasteiger partial charge >= 0.3 is 5.97 Å². The smallest absolute Gasteiger partial charge is 0.320 e. The van der Waals surface area contributed by atoms with Gasteiger partial charge in [0.2, 0.25) is 11.8 Å². The number of hydrogen-bond donors (Lipinski definition) is 8. The molecule has 4 atom stereocenters. The zero-order chi connectivity index (χ0) is 34.2. The molecule has 0 aliphatic heterocycles. The Morgan fingerprint density at radius 2 is 1.45 bits per heavy atom. The molecular weight excluding hydrogens is 596 g/mol. The van der Waals surface area contributed by atoms with Crippen LogP contribution in [0.5, 0.6) is 0 Å². The van der Waals surface area contributed by atoms with Crippen LogP contribution in [0.3, 0.4) is 0 Å². The first-order chi connectivity index (χ1) is 22.6. The zero-order valence-corrected chi connectivity index (χ0v) is 27.6. The summed E-state index contributed by atoms with van der Waals surface area (Å²) in [5.41, 5.74) is 15.0. The van der Waals surface area contributed by atoms with Crippen LogP contribution in [0.1, 0.15) is 56.2 Å². The lowest BCUT2D eigenvalue weighted by Crippen LogP contribution is -2.55. The van der Waals surface area contributed by atoms with Crippen LogP contribution < -0.4 is 32.7 Å². The third kappa shape index (κ3) is 13.0. The molecule has 0 saturated heterocycles. The van der Waals surface area contributed by atoms with Gasteiger partial charge in [-0.25, -0.2) is 0 Å². The van der Waals surface area contributed by atoms with E-state index >= 15 is 0 Å². The van der Waals surface area contributed by atoms with E-state index in [0.29, 0.717) is 38.9 Å². The number of amides is 2. The molecule has 0 heterocycles. The Kier molecular flexibility index (Phi) is 15.8. The van der Waals surface area contributed by atoms with Crippen molar-refractivity contribution >= 4 is 28.6 Å². The third-order valence-electron chi connectivity index (χ3n) is 8.06. The summed E-state index contributed by atoms with van der Waals surface area (Å²) >= 11 is 0. The van der Waals surface area contributed by atoms with Gasteiger partial charge < -0.3 is 42.9 Å². The second-order valence-corrected chi connectivity index (χ2v) is 12.6. The van der Waals surface area contributed by atoms with Crippen LogP contribution in [-0.2, 0) is 33.9 Å². The Labute approximate surface area is 277 Å². The highest BCUT2D eigenvalue weighted by Crippen LogP contribution is 2.16. The van der Waals surface area contributed by atoms with Crippen molar-refractivity contribution in [3.8, 4) is 0 Å². The maximum absolute atomic E-state index is 13.3. The van der Waals surface area contributed by atoms with Gasteiger partial charge in [0.1, 0.15) is 12.1 Å². The minimum absolute atomic E-state index is 0.200. The lowest BCUT2D eigenvalue weighted by Gasteiger charge is -2.24. The fourth-order valence-corrected chi connectivity index (χ4v) is 5.39. The summed E-state index contributed by atoms with van der Waals surface area (Å²) in [5.74, 6) is -1.51. The predicted molar refractivity (Wildman–Crippen MR) is 185 cm³/mol. The van der Waals surface area contributed by atoms with E-state index in [-0.39, 0.29) is 24.4 Å². The molecule has 0 aromatic heterocycles. The first kappa shape index (κ1) is 37.6. The highest BCUT2D eigenvalue weighted by molar-refractivity contribution is 5.90. The molecule has 4 unspecified atom stereocenters. The number of carboxylic acids is 1. The molecule has 0 fully saturated rings. The molecule has 11 heteroatoms. The van der Waals surface area contributed by atoms with E-state index in [1.54, 1.807) is 0 Å². The number of nitrogens with two attached hydrogens (primary N) is 2. The van der Waals surface area contributed by atoms with Crippen molar-refractivity contribution in [2.75, 3.05) is 19.7 Å². The summed E-state index contributed by atoms with van der Waals surface area (Å²) in [4.78, 5) is 37.7. The van der Waals surface area contributed by atoms with Crippen molar-refractivity contribution in [3.63, 3.8) is 0 Å². The van der Waals surface area contributed by atoms with Gasteiger partial charge in [0.25, 0.3) is 0 Å². The van der Waals surface area contributed by atoms with Crippen molar-refractivity contribution in [2.45, 2.75) is 83.2 Å². The number of unbranched alkanes of at least 4 members (excludes halogenated alkanes) is 1. The van der Waals surface area contributed by atoms with E-state index < -0.39 is 36.6 Å². The molecule has 0 aliphatic carbocycles. The molecule has 0 bridgehead atoms. The molecule has 3 aromatic carbocycles. The number of hydrogen-bond acceptors (Lipinski definition) is 8. The number of nitrogens with one attached hydrogen (secondary N) is 4. The van der Waals surface area contributed by atoms with Gasteiger partial charge in [-0.2, -0.15) is 0 Å². The first-order valence-corrected chi connectivity index (χ1v) is 16.5. The van der Waals surface area contributed by atoms with Gasteiger partial charge in [-0.1, -0.05) is 87.0 Å². The first-order valence-electron chi connectivity index (χ1n) is 16.5. The SMILES string of the molecule is CC(C)CC(NCc1ccc(CNC(=O)C(CO)NC(=O)C(CCCCN)NCC(N)Cc2ccc3ccccc3c2)cc1)C(=O)O. The summed E-state index contributed by atoms with van der Waals surface area (Å²) in [6.07, 6.45) is 3.15. The number of aliphatic hydroxyl groups is 1. The number of carboxylic acid groups (broad SMARTS) is 1. The van der Waals surface area contributed by atoms with Gasteiger partial charge in [0.15, 0.2) is 0 Å². The molecule has 11 nitrogen and oxygen atoms in total. The Morgan fingerprint density at radius 3 is 2.09 bits per heavy atom. The molecule has 3 aromatic rings. The van der Waals surface area contributed by atoms with E-state index in [0.717, 1.165) is 40.3 Å². The van der Waals surface area contributed by atoms with Gasteiger partial charge in [-0.05, 0) is 65.6 Å². The summed E-state index contributed by atoms with van der Waals surface area (Å²) in [6, 6.07) is 19.3. The lowest BCUT2D eigenvalue weighted by molar-refractivity contribution is -0.140. The van der Waals surface area contributed by atoms with Gasteiger partial charge in [0, 0.05) is 25.7 Å². The maximum atomic E-state index is 13.3. The van der Waals surface area contributed by atoms with Crippen LogP contribution in [0.15, 0.2) is 66.7 Å². The molecule has 0 radical (unpaired) electrons. The van der Waals surface area contributed by atoms with E-state index in [9.17, 15) is 24.6 Å². The molecule has 3 rings (SSSR count). The Hall–Kier alpha value is -3.87. The van der Waals surface area contributed by atoms with Crippen LogP contribution in [-0.4, -0.2) is 71.9 Å². The molecule has 0 saturated carbocycles. The third-order valence-corrected chi connectivity index (χ3v) is 8.06. The highest BCUT2D eigenvalue weighted by Gasteiger charge is 2.25. The summed E-state index contributed by atoms with van der Waals surface area (Å²) in [5, 5.41) is 33.5. The molecule has 47 heavy (non-hydrogen) atoms. The van der Waals surface area contributed by atoms with Crippen LogP contribution in [0, 0.1) is 5.92 Å². The molecule has 10 N–H and O–H groups in total. The maximum Gasteiger partial charge on any atom is 0.320 e. The van der Waals surface area contributed by atoms with Crippen molar-refractivity contribution in [3.05, 3.63) is 83.4 Å². The van der Waals surface area contributed by atoms with E-state index in [2.05, 4.69) is 51.6 Å². The minimum Gasteiger partial charge on any atom is -0.480 e. The average Bonchev–Trinajstić information content (AvgIpc) is 3.06. The van der Waals surface area contributed by atoms with E-state index in [4.69, 9.17) is 11.5 Å². The predicted octanol–water partition coefficient (Wildman–Crippen LogP) is 2.18. The summed E-state index contributed by atoms with van der Waals surface area (Å²) < 4.78 is 0. The van der Waals surface area contributed by atoms with Crippen molar-refractivity contribution in [1.29, 1.82) is 0 Å². The fraction of sp³-hybridized carbons (Fsp3) is 0.472. The number of carbonyl (C=O) groups excluding carboxylic acids is 2. The second-order valence-electron chi connectivity index (χ2n) is 12.6. The summed E-state index contributed by atoms with van der Waals surface area (Å²) in [7, 11) is 0. The lowest BCUT2D eigenvalue weighted by atomic mass is 10.0. The number of fused-ring (bicyclic) bond motifs is 1. The van der Waals surface area contributed by atoms with Crippen molar-refractivity contribution < 1.29 is 24.6 Å². The standard InChI is InChI=1S/C36H52N6O5/c1-24(2)17-32(36(46)47)39-20-25-10-12-26(13-11-25)21-41-34(44)33(23-43)42-35(45)31(9-5-6-16-37)40-22-30(38)19-27-14-15-28-7-3-4-8-29(28)18-27/h3-4,7-8,10-15,18,24,30-33,39-40,43H,5-6,9,16-17,19-23,37-38H2,1-2H3,(H,41,44)(H,42,45)(H,46,47). The molecule has 256 valence electrons. The number of benzene rings is 3. The molecular formula is C36H52N6O5. The minimum atomic E-state index is -1.12. The molecule has 2 amide bonds. The fourth-order valence-electron chi connectivity index (χ4n) is 5.39. The van der Waals surface area contributed by atoms with Gasteiger partial charge in [-0.15, -0.1) is 0 Å². The van der Waals surface area contributed by atoms with Crippen molar-refractivity contribution in [2.24, 2.45) is 17.4 Å². The quantitative estimate of drug-likeness (QED) is 0.0800. The van der Waals surface area contributed by atoms with Crippen LogP contribution in [0.25, 0.3) is 10.8 Å². The average molecular weight is 649 g/mol. The largest absolute Gasteiger partial charge is 0.480 e. The Morgan fingerprint density at radius 1 is 0.787 bits per heavy atom. The second kappa shape index (κ2) is 19.7. The van der Waals surface area contributed by atoms with Crippen LogP contribution >= 0.6 is 0 Å². The molecule has 0 spiro atoms. The van der Waals surface area contributed by atoms with Gasteiger partial charge in [-0.3, -0.25) is 14.4 Å². The topological polar surface area (TPSA) is 192 Å². The normalized spacial score (nSPS) is 14.0. The Balaban J connectivity index is 1.50. The van der Waals surface area contributed by atoms with Gasteiger partial charge in [0.05, 0.1) is 12.6 Å². The number of aliphatic carboxylic acids is 1. The number of aliphatic hydroxyl groups excluding tert-OH is 1. The molecule has 0 aliphatic rings. The number of carbonyl (C=O) groups is 3.